The van der Waals surface area contributed by atoms with Gasteiger partial charge in [-0.15, -0.1) is 0 Å². The van der Waals surface area contributed by atoms with Crippen molar-refractivity contribution in [1.29, 1.82) is 0 Å². The number of ether oxygens (including phenoxy) is 1. The Morgan fingerprint density at radius 3 is 2.36 bits per heavy atom. The van der Waals surface area contributed by atoms with Crippen LogP contribution in [0.1, 0.15) is 24.0 Å². The topological polar surface area (TPSA) is 62.2 Å². The second-order valence-corrected chi connectivity index (χ2v) is 7.02. The van der Waals surface area contributed by atoms with Crippen molar-refractivity contribution < 1.29 is 14.3 Å². The Bertz CT molecular complexity index is 973. The van der Waals surface area contributed by atoms with E-state index in [1.807, 2.05) is 67.5 Å². The second-order valence-electron chi connectivity index (χ2n) is 7.02. The van der Waals surface area contributed by atoms with Crippen LogP contribution >= 0.6 is 0 Å². The third-order valence-corrected chi connectivity index (χ3v) is 4.83. The van der Waals surface area contributed by atoms with Crippen LogP contribution in [0.3, 0.4) is 0 Å². The molecule has 0 bridgehead atoms. The Kier molecular flexibility index (Phi) is 4.69. The molecular weight excluding hydrogens is 354 g/mol. The fourth-order valence-corrected chi connectivity index (χ4v) is 3.26. The quantitative estimate of drug-likeness (QED) is 0.608. The molecule has 0 radical (unpaired) electrons. The van der Waals surface area contributed by atoms with E-state index in [0.717, 1.165) is 29.9 Å². The summed E-state index contributed by atoms with van der Waals surface area (Å²) in [4.78, 5) is 32.2. The Morgan fingerprint density at radius 1 is 1.04 bits per heavy atom. The molecule has 0 spiro atoms. The molecule has 2 heterocycles. The maximum atomic E-state index is 12.2. The summed E-state index contributed by atoms with van der Waals surface area (Å²) in [5.41, 5.74) is 3.79. The van der Waals surface area contributed by atoms with Gasteiger partial charge in [-0.05, 0) is 54.5 Å². The van der Waals surface area contributed by atoms with Gasteiger partial charge in [0.05, 0.1) is 0 Å². The number of carbonyl (C=O) groups excluding carboxylic acids is 2. The van der Waals surface area contributed by atoms with E-state index in [4.69, 9.17) is 4.74 Å². The van der Waals surface area contributed by atoms with E-state index in [0.29, 0.717) is 12.0 Å². The molecule has 0 aliphatic carbocycles. The molecule has 2 aliphatic rings. The Hall–Kier alpha value is -3.41. The van der Waals surface area contributed by atoms with Gasteiger partial charge in [-0.3, -0.25) is 4.79 Å². The monoisotopic (exact) mass is 375 g/mol. The molecule has 6 heteroatoms. The zero-order chi connectivity index (χ0) is 19.7. The lowest BCUT2D eigenvalue weighted by molar-refractivity contribution is -0.130. The molecular formula is C22H21N3O3. The van der Waals surface area contributed by atoms with Crippen molar-refractivity contribution in [3.63, 3.8) is 0 Å². The summed E-state index contributed by atoms with van der Waals surface area (Å²) < 4.78 is 5.33. The highest BCUT2D eigenvalue weighted by atomic mass is 16.6. The van der Waals surface area contributed by atoms with Crippen molar-refractivity contribution in [2.75, 3.05) is 30.4 Å². The molecule has 0 unspecified atom stereocenters. The second kappa shape index (κ2) is 7.31. The number of hydrogen-bond acceptors (Lipinski definition) is 5. The van der Waals surface area contributed by atoms with Gasteiger partial charge in [0.15, 0.2) is 5.70 Å². The van der Waals surface area contributed by atoms with Crippen LogP contribution in [0.5, 0.6) is 0 Å². The molecule has 1 amide bonds. The number of carbonyl (C=O) groups is 2. The fraction of sp³-hybridized carbons (Fsp3) is 0.227. The Morgan fingerprint density at radius 2 is 1.75 bits per heavy atom. The smallest absolute Gasteiger partial charge is 0.363 e. The summed E-state index contributed by atoms with van der Waals surface area (Å²) in [7, 11) is 3.95. The van der Waals surface area contributed by atoms with Gasteiger partial charge in [0.2, 0.25) is 11.8 Å². The first-order valence-electron chi connectivity index (χ1n) is 9.22. The molecule has 0 saturated carbocycles. The molecule has 1 saturated heterocycles. The molecule has 142 valence electrons. The summed E-state index contributed by atoms with van der Waals surface area (Å²) in [6.07, 6.45) is 3.19. The predicted molar refractivity (Wildman–Crippen MR) is 109 cm³/mol. The lowest BCUT2D eigenvalue weighted by Crippen LogP contribution is -2.23. The summed E-state index contributed by atoms with van der Waals surface area (Å²) in [6.45, 7) is 0.744. The lowest BCUT2D eigenvalue weighted by Gasteiger charge is -2.15. The van der Waals surface area contributed by atoms with E-state index >= 15 is 0 Å². The maximum Gasteiger partial charge on any atom is 0.363 e. The highest BCUT2D eigenvalue weighted by Crippen LogP contribution is 2.24. The number of esters is 1. The number of aliphatic imine (C=N–C) groups is 1. The van der Waals surface area contributed by atoms with E-state index in [1.54, 1.807) is 11.0 Å². The maximum absolute atomic E-state index is 12.2. The number of rotatable bonds is 4. The van der Waals surface area contributed by atoms with Gasteiger partial charge in [0, 0.05) is 44.0 Å². The molecule has 28 heavy (non-hydrogen) atoms. The van der Waals surface area contributed by atoms with Gasteiger partial charge in [-0.2, -0.15) is 0 Å². The van der Waals surface area contributed by atoms with Crippen molar-refractivity contribution in [2.24, 2.45) is 4.99 Å². The van der Waals surface area contributed by atoms with Crippen molar-refractivity contribution >= 4 is 35.2 Å². The number of nitrogens with zero attached hydrogens (tertiary/aromatic N) is 3. The van der Waals surface area contributed by atoms with Crippen LogP contribution in [-0.4, -0.2) is 38.4 Å². The van der Waals surface area contributed by atoms with Gasteiger partial charge >= 0.3 is 5.97 Å². The minimum atomic E-state index is -0.467. The molecule has 0 aromatic heterocycles. The van der Waals surface area contributed by atoms with E-state index in [2.05, 4.69) is 4.99 Å². The van der Waals surface area contributed by atoms with Crippen molar-refractivity contribution in [3.8, 4) is 0 Å². The van der Waals surface area contributed by atoms with Gasteiger partial charge in [-0.1, -0.05) is 12.1 Å². The average molecular weight is 375 g/mol. The van der Waals surface area contributed by atoms with E-state index in [1.165, 1.54) is 0 Å². The number of benzene rings is 2. The van der Waals surface area contributed by atoms with Crippen LogP contribution < -0.4 is 9.80 Å². The molecule has 2 aromatic rings. The van der Waals surface area contributed by atoms with Gasteiger partial charge in [-0.25, -0.2) is 9.79 Å². The zero-order valence-electron chi connectivity index (χ0n) is 15.9. The summed E-state index contributed by atoms with van der Waals surface area (Å²) in [5.74, 6) is -0.0474. The third-order valence-electron chi connectivity index (χ3n) is 4.83. The molecule has 2 aliphatic heterocycles. The van der Waals surface area contributed by atoms with Crippen molar-refractivity contribution in [2.45, 2.75) is 12.8 Å². The molecule has 0 atom stereocenters. The van der Waals surface area contributed by atoms with E-state index in [-0.39, 0.29) is 17.5 Å². The number of cyclic esters (lactones) is 1. The summed E-state index contributed by atoms with van der Waals surface area (Å²) in [5, 5.41) is 0. The molecule has 2 aromatic carbocycles. The summed E-state index contributed by atoms with van der Waals surface area (Å²) >= 11 is 0. The van der Waals surface area contributed by atoms with E-state index in [9.17, 15) is 9.59 Å². The van der Waals surface area contributed by atoms with Gasteiger partial charge in [0.25, 0.3) is 0 Å². The van der Waals surface area contributed by atoms with Crippen LogP contribution in [0.25, 0.3) is 6.08 Å². The molecule has 4 rings (SSSR count). The van der Waals surface area contributed by atoms with Crippen LogP contribution in [0.4, 0.5) is 11.4 Å². The summed E-state index contributed by atoms with van der Waals surface area (Å²) in [6, 6.07) is 15.2. The standard InChI is InChI=1S/C22H21N3O3/c1-24(2)17-9-5-15(6-10-17)14-19-22(27)28-21(23-19)16-7-11-18(12-8-16)25-13-3-4-20(25)26/h5-12,14H,3-4,13H2,1-2H3/b19-14+. The Labute approximate surface area is 163 Å². The molecule has 1 fully saturated rings. The Balaban J connectivity index is 1.54. The van der Waals surface area contributed by atoms with E-state index < -0.39 is 5.97 Å². The minimum absolute atomic E-state index is 0.142. The lowest BCUT2D eigenvalue weighted by atomic mass is 10.1. The first-order valence-corrected chi connectivity index (χ1v) is 9.22. The third kappa shape index (κ3) is 3.53. The van der Waals surface area contributed by atoms with Crippen LogP contribution in [0.2, 0.25) is 0 Å². The SMILES string of the molecule is CN(C)c1ccc(/C=C2/N=C(c3ccc(N4CCCC4=O)cc3)OC2=O)cc1. The average Bonchev–Trinajstić information content (AvgIpc) is 3.28. The minimum Gasteiger partial charge on any atom is -0.402 e. The van der Waals surface area contributed by atoms with Crippen LogP contribution in [0.15, 0.2) is 59.2 Å². The molecule has 6 nitrogen and oxygen atoms in total. The first-order chi connectivity index (χ1) is 13.5. The molecule has 0 N–H and O–H groups in total. The van der Waals surface area contributed by atoms with Crippen molar-refractivity contribution in [3.05, 3.63) is 65.4 Å². The number of hydrogen-bond donors (Lipinski definition) is 0. The first kappa shape index (κ1) is 18.0. The number of amides is 1. The number of anilines is 2. The van der Waals surface area contributed by atoms with Crippen LogP contribution in [0, 0.1) is 0 Å². The highest BCUT2D eigenvalue weighted by Gasteiger charge is 2.25. The van der Waals surface area contributed by atoms with Crippen LogP contribution in [-0.2, 0) is 14.3 Å². The van der Waals surface area contributed by atoms with Gasteiger partial charge < -0.3 is 14.5 Å². The fourth-order valence-electron chi connectivity index (χ4n) is 3.26. The largest absolute Gasteiger partial charge is 0.402 e. The highest BCUT2D eigenvalue weighted by molar-refractivity contribution is 6.13. The zero-order valence-corrected chi connectivity index (χ0v) is 15.9. The van der Waals surface area contributed by atoms with Gasteiger partial charge in [0.1, 0.15) is 0 Å². The predicted octanol–water partition coefficient (Wildman–Crippen LogP) is 3.22. The normalized spacial score (nSPS) is 17.9. The van der Waals surface area contributed by atoms with Crippen molar-refractivity contribution in [1.82, 2.24) is 0 Å².